The fourth-order valence-electron chi connectivity index (χ4n) is 5.10. The quantitative estimate of drug-likeness (QED) is 0.317. The number of nitrogens with one attached hydrogen (secondary N) is 2. The Morgan fingerprint density at radius 3 is 2.05 bits per heavy atom. The molecule has 3 aromatic carbocycles. The van der Waals surface area contributed by atoms with Crippen molar-refractivity contribution in [2.45, 2.75) is 45.6 Å². The van der Waals surface area contributed by atoms with Gasteiger partial charge in [0, 0.05) is 37.3 Å². The van der Waals surface area contributed by atoms with E-state index in [2.05, 4.69) is 31.4 Å². The smallest absolute Gasteiger partial charge is 0.409 e. The number of ether oxygens (including phenoxy) is 1. The summed E-state index contributed by atoms with van der Waals surface area (Å²) in [6, 6.07) is 19.0. The molecule has 3 N–H and O–H groups in total. The number of amides is 3. The molecule has 1 atom stereocenters. The van der Waals surface area contributed by atoms with Crippen LogP contribution in [0.3, 0.4) is 0 Å². The zero-order chi connectivity index (χ0) is 32.0. The van der Waals surface area contributed by atoms with Crippen LogP contribution in [0.15, 0.2) is 66.7 Å². The Morgan fingerprint density at radius 2 is 1.48 bits per heavy atom. The van der Waals surface area contributed by atoms with E-state index in [1.165, 1.54) is 7.11 Å². The first kappa shape index (κ1) is 32.1. The lowest BCUT2D eigenvalue weighted by Crippen LogP contribution is -2.49. The average Bonchev–Trinajstić information content (AvgIpc) is 3.00. The van der Waals surface area contributed by atoms with Gasteiger partial charge in [-0.15, -0.1) is 0 Å². The monoisotopic (exact) mass is 600 g/mol. The maximum Gasteiger partial charge on any atom is 0.409 e. The molecular weight excluding hydrogens is 560 g/mol. The molecule has 0 radical (unpaired) electrons. The largest absolute Gasteiger partial charge is 0.481 e. The van der Waals surface area contributed by atoms with Crippen LogP contribution in [0.2, 0.25) is 0 Å². The first-order chi connectivity index (χ1) is 20.8. The summed E-state index contributed by atoms with van der Waals surface area (Å²) in [4.78, 5) is 54.2. The Balaban J connectivity index is 1.62. The molecule has 1 aliphatic rings. The van der Waals surface area contributed by atoms with Crippen molar-refractivity contribution in [1.29, 1.82) is 0 Å². The van der Waals surface area contributed by atoms with Gasteiger partial charge in [0.15, 0.2) is 0 Å². The number of nitrogens with zero attached hydrogens (tertiary/aromatic N) is 2. The molecule has 1 fully saturated rings. The van der Waals surface area contributed by atoms with E-state index < -0.39 is 24.0 Å². The Hall–Kier alpha value is -4.86. The highest BCUT2D eigenvalue weighted by atomic mass is 16.5. The predicted octanol–water partition coefficient (Wildman–Crippen LogP) is 5.38. The molecule has 0 aromatic heterocycles. The van der Waals surface area contributed by atoms with Crippen LogP contribution in [0.1, 0.15) is 70.6 Å². The summed E-state index contributed by atoms with van der Waals surface area (Å²) in [6.45, 7) is 10.1. The second kappa shape index (κ2) is 13.6. The van der Waals surface area contributed by atoms with Gasteiger partial charge in [-0.25, -0.2) is 4.79 Å². The number of hydrogen-bond donors (Lipinski definition) is 3. The van der Waals surface area contributed by atoms with Gasteiger partial charge < -0.3 is 30.3 Å². The molecule has 1 saturated heterocycles. The molecule has 1 aliphatic heterocycles. The standard InChI is InChI=1S/C34H40N4O6/c1-22-6-8-23(9-7-22)27(21-30(39)40)35-32(42)25-12-15-29(37-16-18-38(19-17-37)33(43)44-5)28(20-25)36-31(41)24-10-13-26(14-11-24)34(2,3)4/h6-15,20,27H,16-19,21H2,1-5H3,(H,35,42)(H,36,41)(H,39,40). The second-order valence-corrected chi connectivity index (χ2v) is 12.0. The van der Waals surface area contributed by atoms with Crippen molar-refractivity contribution in [3.05, 3.63) is 94.5 Å². The lowest BCUT2D eigenvalue weighted by molar-refractivity contribution is -0.137. The molecule has 3 aromatic rings. The van der Waals surface area contributed by atoms with Crippen molar-refractivity contribution >= 4 is 35.3 Å². The maximum atomic E-state index is 13.5. The number of methoxy groups -OCH3 is 1. The highest BCUT2D eigenvalue weighted by Gasteiger charge is 2.25. The van der Waals surface area contributed by atoms with Gasteiger partial charge in [-0.1, -0.05) is 62.7 Å². The molecule has 44 heavy (non-hydrogen) atoms. The van der Waals surface area contributed by atoms with Gasteiger partial charge in [0.25, 0.3) is 11.8 Å². The Kier molecular flexibility index (Phi) is 9.93. The molecular formula is C34H40N4O6. The van der Waals surface area contributed by atoms with Crippen LogP contribution in [0.4, 0.5) is 16.2 Å². The lowest BCUT2D eigenvalue weighted by atomic mass is 9.86. The van der Waals surface area contributed by atoms with Crippen LogP contribution in [-0.4, -0.2) is 67.2 Å². The Labute approximate surface area is 258 Å². The van der Waals surface area contributed by atoms with Crippen LogP contribution in [-0.2, 0) is 14.9 Å². The van der Waals surface area contributed by atoms with Crippen molar-refractivity contribution in [3.8, 4) is 0 Å². The molecule has 1 unspecified atom stereocenters. The van der Waals surface area contributed by atoms with Crippen LogP contribution in [0.25, 0.3) is 0 Å². The molecule has 0 spiro atoms. The van der Waals surface area contributed by atoms with Crippen molar-refractivity contribution in [1.82, 2.24) is 10.2 Å². The first-order valence-electron chi connectivity index (χ1n) is 14.6. The number of rotatable bonds is 8. The van der Waals surface area contributed by atoms with Crippen molar-refractivity contribution < 1.29 is 29.0 Å². The number of carboxylic acid groups (broad SMARTS) is 1. The zero-order valence-electron chi connectivity index (χ0n) is 25.8. The summed E-state index contributed by atoms with van der Waals surface area (Å²) < 4.78 is 4.85. The van der Waals surface area contributed by atoms with Crippen molar-refractivity contribution in [2.24, 2.45) is 0 Å². The number of carbonyl (C=O) groups is 4. The van der Waals surface area contributed by atoms with Gasteiger partial charge in [-0.2, -0.15) is 0 Å². The molecule has 10 nitrogen and oxygen atoms in total. The zero-order valence-corrected chi connectivity index (χ0v) is 25.8. The van der Waals surface area contributed by atoms with Gasteiger partial charge in [0.2, 0.25) is 0 Å². The van der Waals surface area contributed by atoms with Crippen LogP contribution in [0.5, 0.6) is 0 Å². The average molecular weight is 601 g/mol. The van der Waals surface area contributed by atoms with Gasteiger partial charge in [0.05, 0.1) is 30.9 Å². The molecule has 1 heterocycles. The second-order valence-electron chi connectivity index (χ2n) is 12.0. The van der Waals surface area contributed by atoms with Crippen LogP contribution < -0.4 is 15.5 Å². The highest BCUT2D eigenvalue weighted by Crippen LogP contribution is 2.30. The van der Waals surface area contributed by atoms with Gasteiger partial charge in [0.1, 0.15) is 0 Å². The SMILES string of the molecule is COC(=O)N1CCN(c2ccc(C(=O)NC(CC(=O)O)c3ccc(C)cc3)cc2NC(=O)c2ccc(C(C)(C)C)cc2)CC1. The van der Waals surface area contributed by atoms with Gasteiger partial charge in [-0.05, 0) is 53.8 Å². The van der Waals surface area contributed by atoms with Gasteiger partial charge in [-0.3, -0.25) is 14.4 Å². The summed E-state index contributed by atoms with van der Waals surface area (Å²) >= 11 is 0. The van der Waals surface area contributed by atoms with E-state index in [9.17, 15) is 24.3 Å². The predicted molar refractivity (Wildman–Crippen MR) is 169 cm³/mol. The van der Waals surface area contributed by atoms with E-state index in [-0.39, 0.29) is 23.3 Å². The van der Waals surface area contributed by atoms with E-state index in [4.69, 9.17) is 4.74 Å². The minimum atomic E-state index is -1.04. The fourth-order valence-corrected chi connectivity index (χ4v) is 5.10. The number of hydrogen-bond acceptors (Lipinski definition) is 6. The number of piperazine rings is 1. The summed E-state index contributed by atoms with van der Waals surface area (Å²) in [5, 5.41) is 15.3. The minimum Gasteiger partial charge on any atom is -0.481 e. The number of benzene rings is 3. The summed E-state index contributed by atoms with van der Waals surface area (Å²) in [7, 11) is 1.35. The molecule has 0 bridgehead atoms. The highest BCUT2D eigenvalue weighted by molar-refractivity contribution is 6.07. The van der Waals surface area contributed by atoms with E-state index in [1.807, 2.05) is 36.1 Å². The fraction of sp³-hybridized carbons (Fsp3) is 0.353. The van der Waals surface area contributed by atoms with E-state index in [0.717, 1.165) is 11.1 Å². The summed E-state index contributed by atoms with van der Waals surface area (Å²) in [5.41, 5.74) is 4.60. The van der Waals surface area contributed by atoms with E-state index >= 15 is 0 Å². The third kappa shape index (κ3) is 7.94. The Bertz CT molecular complexity index is 1500. The van der Waals surface area contributed by atoms with Gasteiger partial charge >= 0.3 is 12.1 Å². The van der Waals surface area contributed by atoms with E-state index in [0.29, 0.717) is 48.7 Å². The van der Waals surface area contributed by atoms with E-state index in [1.54, 1.807) is 47.4 Å². The molecule has 0 aliphatic carbocycles. The third-order valence-corrected chi connectivity index (χ3v) is 7.74. The third-order valence-electron chi connectivity index (χ3n) is 7.74. The molecule has 4 rings (SSSR count). The number of carboxylic acids is 1. The van der Waals surface area contributed by atoms with Crippen molar-refractivity contribution in [3.63, 3.8) is 0 Å². The summed E-state index contributed by atoms with van der Waals surface area (Å²) in [5.74, 6) is -1.84. The topological polar surface area (TPSA) is 128 Å². The number of aryl methyl sites for hydroxylation is 1. The van der Waals surface area contributed by atoms with Crippen LogP contribution >= 0.6 is 0 Å². The maximum absolute atomic E-state index is 13.5. The molecule has 3 amide bonds. The lowest BCUT2D eigenvalue weighted by Gasteiger charge is -2.36. The number of aliphatic carboxylic acids is 1. The molecule has 0 saturated carbocycles. The first-order valence-corrected chi connectivity index (χ1v) is 14.6. The normalized spacial score (nSPS) is 14.0. The Morgan fingerprint density at radius 1 is 0.864 bits per heavy atom. The van der Waals surface area contributed by atoms with Crippen LogP contribution in [0, 0.1) is 6.92 Å². The molecule has 10 heteroatoms. The minimum absolute atomic E-state index is 0.0622. The van der Waals surface area contributed by atoms with Crippen molar-refractivity contribution in [2.75, 3.05) is 43.5 Å². The molecule has 232 valence electrons. The summed E-state index contributed by atoms with van der Waals surface area (Å²) in [6.07, 6.45) is -0.681. The number of carbonyl (C=O) groups excluding carboxylic acids is 3. The number of anilines is 2.